The predicted molar refractivity (Wildman–Crippen MR) is 93.5 cm³/mol. The molecule has 0 radical (unpaired) electrons. The molecule has 1 N–H and O–H groups in total. The molecule has 8 heteroatoms. The van der Waals surface area contributed by atoms with Gasteiger partial charge in [0.05, 0.1) is 5.69 Å². The van der Waals surface area contributed by atoms with E-state index >= 15 is 0 Å². The van der Waals surface area contributed by atoms with E-state index < -0.39 is 17.5 Å². The van der Waals surface area contributed by atoms with Gasteiger partial charge in [0.25, 0.3) is 5.91 Å². The molecular formula is C19H13F3N4O. The fraction of sp³-hybridized carbons (Fsp3) is 0.105. The maximum Gasteiger partial charge on any atom is 0.277 e. The van der Waals surface area contributed by atoms with Crippen LogP contribution in [0.3, 0.4) is 0 Å². The number of para-hydroxylation sites is 1. The largest absolute Gasteiger partial charge is 0.322 e. The van der Waals surface area contributed by atoms with E-state index in [1.807, 2.05) is 24.3 Å². The minimum atomic E-state index is -1.60. The number of hydrogen-bond donors (Lipinski definition) is 1. The SMILES string of the molecule is O=C(c1ccnc(Nc2ccc(F)c(F)c2F)n1)N1CCc2ccccc21. The van der Waals surface area contributed by atoms with Crippen molar-refractivity contribution in [2.45, 2.75) is 6.42 Å². The fourth-order valence-electron chi connectivity index (χ4n) is 2.97. The first-order chi connectivity index (χ1) is 13.0. The normalized spacial score (nSPS) is 12.8. The van der Waals surface area contributed by atoms with Crippen LogP contribution in [0.25, 0.3) is 0 Å². The van der Waals surface area contributed by atoms with Gasteiger partial charge < -0.3 is 10.2 Å². The predicted octanol–water partition coefficient (Wildman–Crippen LogP) is 3.84. The number of halogens is 3. The molecule has 2 heterocycles. The number of fused-ring (bicyclic) bond motifs is 1. The second-order valence-corrected chi connectivity index (χ2v) is 5.95. The quantitative estimate of drug-likeness (QED) is 0.712. The molecule has 0 unspecified atom stereocenters. The molecule has 0 fully saturated rings. The summed E-state index contributed by atoms with van der Waals surface area (Å²) in [6, 6.07) is 10.8. The minimum Gasteiger partial charge on any atom is -0.322 e. The number of amides is 1. The van der Waals surface area contributed by atoms with Crippen molar-refractivity contribution in [3.63, 3.8) is 0 Å². The van der Waals surface area contributed by atoms with Gasteiger partial charge in [0.1, 0.15) is 5.69 Å². The van der Waals surface area contributed by atoms with Crippen LogP contribution in [0, 0.1) is 17.5 Å². The summed E-state index contributed by atoms with van der Waals surface area (Å²) >= 11 is 0. The Morgan fingerprint density at radius 3 is 2.70 bits per heavy atom. The molecule has 0 atom stereocenters. The van der Waals surface area contributed by atoms with Crippen molar-refractivity contribution in [1.29, 1.82) is 0 Å². The van der Waals surface area contributed by atoms with Crippen LogP contribution in [-0.4, -0.2) is 22.4 Å². The van der Waals surface area contributed by atoms with Crippen LogP contribution in [0.2, 0.25) is 0 Å². The molecule has 0 saturated heterocycles. The summed E-state index contributed by atoms with van der Waals surface area (Å²) in [5.41, 5.74) is 1.67. The van der Waals surface area contributed by atoms with E-state index in [-0.39, 0.29) is 23.2 Å². The minimum absolute atomic E-state index is 0.0989. The Labute approximate surface area is 152 Å². The number of carbonyl (C=O) groups is 1. The van der Waals surface area contributed by atoms with E-state index in [4.69, 9.17) is 0 Å². The molecule has 0 saturated carbocycles. The average molecular weight is 370 g/mol. The highest BCUT2D eigenvalue weighted by molar-refractivity contribution is 6.06. The van der Waals surface area contributed by atoms with E-state index in [9.17, 15) is 18.0 Å². The van der Waals surface area contributed by atoms with Crippen LogP contribution in [0.1, 0.15) is 16.1 Å². The van der Waals surface area contributed by atoms with Crippen LogP contribution in [0.4, 0.5) is 30.5 Å². The number of nitrogens with zero attached hydrogens (tertiary/aromatic N) is 3. The summed E-state index contributed by atoms with van der Waals surface area (Å²) in [5.74, 6) is -4.70. The van der Waals surface area contributed by atoms with Gasteiger partial charge in [0, 0.05) is 18.4 Å². The van der Waals surface area contributed by atoms with Crippen molar-refractivity contribution < 1.29 is 18.0 Å². The lowest BCUT2D eigenvalue weighted by Crippen LogP contribution is -2.29. The van der Waals surface area contributed by atoms with Crippen LogP contribution in [0.15, 0.2) is 48.7 Å². The number of benzene rings is 2. The first-order valence-electron chi connectivity index (χ1n) is 8.18. The van der Waals surface area contributed by atoms with E-state index in [0.29, 0.717) is 6.54 Å². The Balaban J connectivity index is 1.60. The van der Waals surface area contributed by atoms with Gasteiger partial charge in [-0.3, -0.25) is 4.79 Å². The molecule has 1 amide bonds. The van der Waals surface area contributed by atoms with Gasteiger partial charge in [-0.1, -0.05) is 18.2 Å². The lowest BCUT2D eigenvalue weighted by Gasteiger charge is -2.17. The molecule has 136 valence electrons. The molecule has 4 rings (SSSR count). The average Bonchev–Trinajstić information content (AvgIpc) is 3.12. The molecule has 1 aromatic heterocycles. The molecule has 5 nitrogen and oxygen atoms in total. The fourth-order valence-corrected chi connectivity index (χ4v) is 2.97. The summed E-state index contributed by atoms with van der Waals surface area (Å²) in [4.78, 5) is 22.4. The number of aromatic nitrogens is 2. The zero-order valence-electron chi connectivity index (χ0n) is 13.9. The number of anilines is 3. The van der Waals surface area contributed by atoms with Gasteiger partial charge in [-0.25, -0.2) is 23.1 Å². The second-order valence-electron chi connectivity index (χ2n) is 5.95. The molecule has 27 heavy (non-hydrogen) atoms. The van der Waals surface area contributed by atoms with E-state index in [1.54, 1.807) is 4.90 Å². The molecule has 1 aliphatic heterocycles. The summed E-state index contributed by atoms with van der Waals surface area (Å²) in [6.45, 7) is 0.531. The van der Waals surface area contributed by atoms with Gasteiger partial charge in [-0.2, -0.15) is 0 Å². The number of hydrogen-bond acceptors (Lipinski definition) is 4. The summed E-state index contributed by atoms with van der Waals surface area (Å²) in [7, 11) is 0. The van der Waals surface area contributed by atoms with Crippen LogP contribution < -0.4 is 10.2 Å². The lowest BCUT2D eigenvalue weighted by molar-refractivity contribution is 0.0984. The van der Waals surface area contributed by atoms with Gasteiger partial charge in [0.2, 0.25) is 5.95 Å². The lowest BCUT2D eigenvalue weighted by atomic mass is 10.2. The Kier molecular flexibility index (Phi) is 4.23. The number of carbonyl (C=O) groups excluding carboxylic acids is 1. The Hall–Kier alpha value is -3.42. The van der Waals surface area contributed by atoms with Crippen molar-refractivity contribution in [2.75, 3.05) is 16.8 Å². The second kappa shape index (κ2) is 6.71. The third-order valence-corrected chi connectivity index (χ3v) is 4.29. The topological polar surface area (TPSA) is 58.1 Å². The Bertz CT molecular complexity index is 1040. The summed E-state index contributed by atoms with van der Waals surface area (Å²) in [6.07, 6.45) is 2.08. The molecule has 3 aromatic rings. The maximum absolute atomic E-state index is 13.8. The molecule has 0 bridgehead atoms. The van der Waals surface area contributed by atoms with Gasteiger partial charge in [-0.05, 0) is 36.2 Å². The van der Waals surface area contributed by atoms with Crippen molar-refractivity contribution in [3.8, 4) is 0 Å². The van der Waals surface area contributed by atoms with Crippen LogP contribution >= 0.6 is 0 Å². The van der Waals surface area contributed by atoms with Crippen LogP contribution in [0.5, 0.6) is 0 Å². The number of nitrogens with one attached hydrogen (secondary N) is 1. The maximum atomic E-state index is 13.8. The number of rotatable bonds is 3. The Morgan fingerprint density at radius 1 is 1.04 bits per heavy atom. The summed E-state index contributed by atoms with van der Waals surface area (Å²) in [5, 5.41) is 2.47. The summed E-state index contributed by atoms with van der Waals surface area (Å²) < 4.78 is 40.2. The molecular weight excluding hydrogens is 357 g/mol. The highest BCUT2D eigenvalue weighted by Crippen LogP contribution is 2.29. The van der Waals surface area contributed by atoms with Crippen molar-refractivity contribution in [1.82, 2.24) is 9.97 Å². The first kappa shape index (κ1) is 17.0. The molecule has 2 aromatic carbocycles. The molecule has 0 spiro atoms. The first-order valence-corrected chi connectivity index (χ1v) is 8.18. The molecule has 1 aliphatic rings. The third-order valence-electron chi connectivity index (χ3n) is 4.29. The highest BCUT2D eigenvalue weighted by atomic mass is 19.2. The monoisotopic (exact) mass is 370 g/mol. The van der Waals surface area contributed by atoms with E-state index in [0.717, 1.165) is 29.8 Å². The standard InChI is InChI=1S/C19H13F3N4O/c20-12-5-6-13(17(22)16(12)21)24-19-23-9-7-14(25-19)18(27)26-10-8-11-3-1-2-4-15(11)26/h1-7,9H,8,10H2,(H,23,24,25). The van der Waals surface area contributed by atoms with Gasteiger partial charge in [-0.15, -0.1) is 0 Å². The highest BCUT2D eigenvalue weighted by Gasteiger charge is 2.26. The van der Waals surface area contributed by atoms with Crippen LogP contribution in [-0.2, 0) is 6.42 Å². The van der Waals surface area contributed by atoms with Crippen molar-refractivity contribution in [2.24, 2.45) is 0 Å². The van der Waals surface area contributed by atoms with E-state index in [2.05, 4.69) is 15.3 Å². The smallest absolute Gasteiger partial charge is 0.277 e. The zero-order chi connectivity index (χ0) is 19.0. The zero-order valence-corrected chi connectivity index (χ0v) is 13.9. The van der Waals surface area contributed by atoms with Gasteiger partial charge >= 0.3 is 0 Å². The van der Waals surface area contributed by atoms with Gasteiger partial charge in [0.15, 0.2) is 17.5 Å². The van der Waals surface area contributed by atoms with Crippen molar-refractivity contribution in [3.05, 3.63) is 77.4 Å². The van der Waals surface area contributed by atoms with E-state index in [1.165, 1.54) is 12.3 Å². The Morgan fingerprint density at radius 2 is 1.85 bits per heavy atom. The third kappa shape index (κ3) is 3.10. The van der Waals surface area contributed by atoms with Crippen molar-refractivity contribution >= 4 is 23.2 Å². The molecule has 0 aliphatic carbocycles.